The fraction of sp³-hybridized carbons (Fsp3) is 0.208. The maximum absolute atomic E-state index is 12.1. The van der Waals surface area contributed by atoms with Gasteiger partial charge in [0.15, 0.2) is 5.65 Å². The van der Waals surface area contributed by atoms with Crippen LogP contribution in [-0.4, -0.2) is 40.8 Å². The van der Waals surface area contributed by atoms with Gasteiger partial charge in [0, 0.05) is 41.5 Å². The smallest absolute Gasteiger partial charge is 0.319 e. The quantitative estimate of drug-likeness (QED) is 0.231. The molecule has 0 fully saturated rings. The second-order valence-corrected chi connectivity index (χ2v) is 8.74. The number of benzene rings is 2. The Morgan fingerprint density at radius 3 is 2.76 bits per heavy atom. The Bertz CT molecular complexity index is 1300. The zero-order chi connectivity index (χ0) is 23.9. The van der Waals surface area contributed by atoms with Gasteiger partial charge in [-0.05, 0) is 47.0 Å². The molecule has 0 aliphatic carbocycles. The van der Waals surface area contributed by atoms with E-state index >= 15 is 0 Å². The Labute approximate surface area is 210 Å². The third kappa shape index (κ3) is 5.78. The molecular weight excluding hydrogens is 520 g/mol. The molecule has 0 aliphatic heterocycles. The average molecular weight is 544 g/mol. The second-order valence-electron chi connectivity index (χ2n) is 7.48. The molecule has 0 saturated carbocycles. The van der Waals surface area contributed by atoms with Crippen LogP contribution >= 0.6 is 27.5 Å². The number of methoxy groups -OCH3 is 1. The van der Waals surface area contributed by atoms with Gasteiger partial charge in [0.05, 0.1) is 23.5 Å². The first kappa shape index (κ1) is 23.8. The Morgan fingerprint density at radius 2 is 1.94 bits per heavy atom. The summed E-state index contributed by atoms with van der Waals surface area (Å²) in [6, 6.07) is 16.5. The third-order valence-electron chi connectivity index (χ3n) is 5.10. The van der Waals surface area contributed by atoms with Crippen molar-refractivity contribution in [1.29, 1.82) is 0 Å². The van der Waals surface area contributed by atoms with Gasteiger partial charge >= 0.3 is 6.03 Å². The van der Waals surface area contributed by atoms with Crippen LogP contribution in [0.1, 0.15) is 12.8 Å². The van der Waals surface area contributed by atoms with Crippen molar-refractivity contribution in [2.45, 2.75) is 12.8 Å². The number of halogens is 2. The first-order chi connectivity index (χ1) is 16.5. The van der Waals surface area contributed by atoms with Crippen LogP contribution in [0.25, 0.3) is 16.9 Å². The van der Waals surface area contributed by atoms with Gasteiger partial charge in [0.2, 0.25) is 0 Å². The van der Waals surface area contributed by atoms with Crippen LogP contribution in [0.3, 0.4) is 0 Å². The van der Waals surface area contributed by atoms with Crippen molar-refractivity contribution >= 4 is 50.7 Å². The minimum atomic E-state index is -0.247. The van der Waals surface area contributed by atoms with E-state index < -0.39 is 0 Å². The monoisotopic (exact) mass is 542 g/mol. The number of anilines is 2. The molecule has 8 nitrogen and oxygen atoms in total. The predicted octanol–water partition coefficient (Wildman–Crippen LogP) is 5.83. The van der Waals surface area contributed by atoms with Crippen LogP contribution in [0.2, 0.25) is 5.02 Å². The van der Waals surface area contributed by atoms with Crippen molar-refractivity contribution in [3.8, 4) is 17.0 Å². The molecule has 0 bridgehead atoms. The molecule has 0 unspecified atom stereocenters. The van der Waals surface area contributed by atoms with Crippen LogP contribution < -0.4 is 20.7 Å². The molecule has 176 valence electrons. The van der Waals surface area contributed by atoms with E-state index in [1.54, 1.807) is 23.9 Å². The highest BCUT2D eigenvalue weighted by molar-refractivity contribution is 9.10. The van der Waals surface area contributed by atoms with Gasteiger partial charge in [-0.2, -0.15) is 9.61 Å². The molecule has 0 aliphatic rings. The summed E-state index contributed by atoms with van der Waals surface area (Å²) in [5.74, 6) is 1.50. The molecule has 0 saturated heterocycles. The standard InChI is InChI=1S/C24H24BrClN6O2/c1-34-17-8-6-7-16(13-17)30-24(33)28-12-5-4-11-27-22-14-21(18-9-2-3-10-20(18)26)31-23-19(25)15-29-32(22)23/h2-3,6-10,13-15,27H,4-5,11-12H2,1H3,(H2,28,30,33). The summed E-state index contributed by atoms with van der Waals surface area (Å²) in [5, 5.41) is 14.1. The zero-order valence-corrected chi connectivity index (χ0v) is 20.9. The molecular formula is C24H24BrClN6O2. The van der Waals surface area contributed by atoms with Gasteiger partial charge in [-0.15, -0.1) is 0 Å². The molecule has 0 atom stereocenters. The highest BCUT2D eigenvalue weighted by Crippen LogP contribution is 2.30. The van der Waals surface area contributed by atoms with Gasteiger partial charge in [0.25, 0.3) is 0 Å². The van der Waals surface area contributed by atoms with Crippen molar-refractivity contribution < 1.29 is 9.53 Å². The Kier molecular flexibility index (Phi) is 7.87. The molecule has 10 heteroatoms. The molecule has 2 aromatic carbocycles. The SMILES string of the molecule is COc1cccc(NC(=O)NCCCCNc2cc(-c3ccccc3Cl)nc3c(Br)cnn23)c1. The van der Waals surface area contributed by atoms with E-state index in [4.69, 9.17) is 21.3 Å². The topological polar surface area (TPSA) is 92.6 Å². The van der Waals surface area contributed by atoms with Crippen molar-refractivity contribution in [2.75, 3.05) is 30.8 Å². The first-order valence-electron chi connectivity index (χ1n) is 10.8. The Hall–Kier alpha value is -3.30. The molecule has 2 heterocycles. The lowest BCUT2D eigenvalue weighted by Crippen LogP contribution is -2.29. The summed E-state index contributed by atoms with van der Waals surface area (Å²) in [4.78, 5) is 16.8. The van der Waals surface area contributed by atoms with Crippen molar-refractivity contribution in [3.63, 3.8) is 0 Å². The number of fused-ring (bicyclic) bond motifs is 1. The number of carbonyl (C=O) groups is 1. The summed E-state index contributed by atoms with van der Waals surface area (Å²) in [6.45, 7) is 1.26. The van der Waals surface area contributed by atoms with Gasteiger partial charge in [-0.25, -0.2) is 9.78 Å². The number of hydrogen-bond donors (Lipinski definition) is 3. The van der Waals surface area contributed by atoms with Crippen LogP contribution in [-0.2, 0) is 0 Å². The van der Waals surface area contributed by atoms with E-state index in [0.29, 0.717) is 35.2 Å². The molecule has 4 rings (SSSR count). The number of amides is 2. The molecule has 3 N–H and O–H groups in total. The van der Waals surface area contributed by atoms with Crippen LogP contribution in [0.15, 0.2) is 65.3 Å². The molecule has 2 amide bonds. The first-order valence-corrected chi connectivity index (χ1v) is 11.9. The minimum Gasteiger partial charge on any atom is -0.497 e. The second kappa shape index (κ2) is 11.2. The van der Waals surface area contributed by atoms with Crippen molar-refractivity contribution in [1.82, 2.24) is 19.9 Å². The summed E-state index contributed by atoms with van der Waals surface area (Å²) >= 11 is 9.90. The number of carbonyl (C=O) groups excluding carboxylic acids is 1. The van der Waals surface area contributed by atoms with Gasteiger partial charge in [0.1, 0.15) is 11.6 Å². The van der Waals surface area contributed by atoms with E-state index in [-0.39, 0.29) is 6.03 Å². The molecule has 0 radical (unpaired) electrons. The predicted molar refractivity (Wildman–Crippen MR) is 139 cm³/mol. The largest absolute Gasteiger partial charge is 0.497 e. The number of urea groups is 1. The lowest BCUT2D eigenvalue weighted by molar-refractivity contribution is 0.252. The summed E-state index contributed by atoms with van der Waals surface area (Å²) < 4.78 is 7.72. The van der Waals surface area contributed by atoms with Gasteiger partial charge in [-0.1, -0.05) is 35.9 Å². The normalized spacial score (nSPS) is 10.8. The van der Waals surface area contributed by atoms with Crippen LogP contribution in [0.4, 0.5) is 16.3 Å². The van der Waals surface area contributed by atoms with E-state index in [2.05, 4.69) is 37.0 Å². The van der Waals surface area contributed by atoms with E-state index in [0.717, 1.165) is 34.4 Å². The lowest BCUT2D eigenvalue weighted by atomic mass is 10.1. The van der Waals surface area contributed by atoms with Crippen molar-refractivity contribution in [3.05, 3.63) is 70.3 Å². The summed E-state index contributed by atoms with van der Waals surface area (Å²) in [5.41, 5.74) is 3.00. The number of ether oxygens (including phenoxy) is 1. The molecule has 34 heavy (non-hydrogen) atoms. The van der Waals surface area contributed by atoms with Crippen LogP contribution in [0, 0.1) is 0 Å². The van der Waals surface area contributed by atoms with Gasteiger partial charge < -0.3 is 20.7 Å². The number of nitrogens with zero attached hydrogens (tertiary/aromatic N) is 3. The van der Waals surface area contributed by atoms with E-state index in [1.807, 2.05) is 48.5 Å². The number of unbranched alkanes of at least 4 members (excludes halogenated alkanes) is 1. The summed E-state index contributed by atoms with van der Waals surface area (Å²) in [6.07, 6.45) is 3.38. The fourth-order valence-electron chi connectivity index (χ4n) is 3.41. The van der Waals surface area contributed by atoms with Crippen molar-refractivity contribution in [2.24, 2.45) is 0 Å². The van der Waals surface area contributed by atoms with E-state index in [9.17, 15) is 4.79 Å². The number of aromatic nitrogens is 3. The maximum Gasteiger partial charge on any atom is 0.319 e. The minimum absolute atomic E-state index is 0.247. The summed E-state index contributed by atoms with van der Waals surface area (Å²) in [7, 11) is 1.59. The molecule has 2 aromatic heterocycles. The number of nitrogens with one attached hydrogen (secondary N) is 3. The molecule has 4 aromatic rings. The Balaban J connectivity index is 1.31. The van der Waals surface area contributed by atoms with E-state index in [1.165, 1.54) is 0 Å². The lowest BCUT2D eigenvalue weighted by Gasteiger charge is -2.12. The average Bonchev–Trinajstić information content (AvgIpc) is 3.22. The Morgan fingerprint density at radius 1 is 1.12 bits per heavy atom. The highest BCUT2D eigenvalue weighted by atomic mass is 79.9. The fourth-order valence-corrected chi connectivity index (χ4v) is 3.99. The van der Waals surface area contributed by atoms with Gasteiger partial charge in [-0.3, -0.25) is 0 Å². The maximum atomic E-state index is 12.1. The third-order valence-corrected chi connectivity index (χ3v) is 5.99. The number of rotatable bonds is 9. The number of hydrogen-bond acceptors (Lipinski definition) is 5. The molecule has 0 spiro atoms. The highest BCUT2D eigenvalue weighted by Gasteiger charge is 2.13. The van der Waals surface area contributed by atoms with Crippen LogP contribution in [0.5, 0.6) is 5.75 Å². The zero-order valence-electron chi connectivity index (χ0n) is 18.5.